The number of hydrogen-bond acceptors (Lipinski definition) is 5. The van der Waals surface area contributed by atoms with Crippen molar-refractivity contribution in [3.8, 4) is 0 Å². The van der Waals surface area contributed by atoms with Crippen LogP contribution < -0.4 is 5.46 Å². The lowest BCUT2D eigenvalue weighted by Gasteiger charge is -2.39. The van der Waals surface area contributed by atoms with Crippen molar-refractivity contribution in [2.24, 2.45) is 0 Å². The molecule has 0 bridgehead atoms. The average Bonchev–Trinajstić information content (AvgIpc) is 2.85. The van der Waals surface area contributed by atoms with Crippen LogP contribution in [-0.2, 0) is 20.6 Å². The van der Waals surface area contributed by atoms with E-state index in [0.29, 0.717) is 6.54 Å². The summed E-state index contributed by atoms with van der Waals surface area (Å²) in [7, 11) is -0.342. The van der Waals surface area contributed by atoms with Crippen molar-refractivity contribution >= 4 is 18.7 Å². The molecule has 0 aromatic heterocycles. The third kappa shape index (κ3) is 6.46. The smallest absolute Gasteiger partial charge is 0.444 e. The van der Waals surface area contributed by atoms with Gasteiger partial charge < -0.3 is 18.9 Å². The number of carbonyl (C=O) groups is 1. The third-order valence-electron chi connectivity index (χ3n) is 5.50. The van der Waals surface area contributed by atoms with Crippen LogP contribution in [0.5, 0.6) is 0 Å². The molecule has 2 saturated heterocycles. The molecule has 7 heteroatoms. The molecule has 2 aliphatic heterocycles. The number of nitrogens with zero attached hydrogens (tertiary/aromatic N) is 2. The summed E-state index contributed by atoms with van der Waals surface area (Å²) in [5.74, 6) is 0. The van der Waals surface area contributed by atoms with Crippen LogP contribution in [0.25, 0.3) is 0 Å². The molecule has 3 rings (SSSR count). The maximum atomic E-state index is 12.4. The first-order valence-corrected chi connectivity index (χ1v) is 11.1. The number of hydrogen-bond donors (Lipinski definition) is 0. The van der Waals surface area contributed by atoms with Crippen molar-refractivity contribution < 1.29 is 18.8 Å². The van der Waals surface area contributed by atoms with E-state index >= 15 is 0 Å². The molecule has 1 atom stereocenters. The molecule has 6 nitrogen and oxygen atoms in total. The van der Waals surface area contributed by atoms with Gasteiger partial charge in [-0.3, -0.25) is 4.90 Å². The second kappa shape index (κ2) is 9.29. The van der Waals surface area contributed by atoms with Crippen LogP contribution >= 0.6 is 0 Å². The molecule has 0 saturated carbocycles. The first kappa shape index (κ1) is 23.1. The van der Waals surface area contributed by atoms with Crippen molar-refractivity contribution in [1.82, 2.24) is 9.80 Å². The molecule has 30 heavy (non-hydrogen) atoms. The van der Waals surface area contributed by atoms with Crippen molar-refractivity contribution in [2.45, 2.75) is 78.2 Å². The average molecular weight is 416 g/mol. The first-order valence-electron chi connectivity index (χ1n) is 11.1. The summed E-state index contributed by atoms with van der Waals surface area (Å²) in [6.45, 7) is 16.1. The van der Waals surface area contributed by atoms with Gasteiger partial charge in [0.05, 0.1) is 5.60 Å². The van der Waals surface area contributed by atoms with Crippen LogP contribution in [0.2, 0.25) is 0 Å². The van der Waals surface area contributed by atoms with Crippen molar-refractivity contribution in [1.29, 1.82) is 0 Å². The molecule has 1 unspecified atom stereocenters. The topological polar surface area (TPSA) is 51.2 Å². The highest BCUT2D eigenvalue weighted by Gasteiger charge is 2.39. The Kier molecular flexibility index (Phi) is 7.15. The van der Waals surface area contributed by atoms with Gasteiger partial charge in [0.1, 0.15) is 5.60 Å². The van der Waals surface area contributed by atoms with Crippen LogP contribution in [-0.4, -0.2) is 66.5 Å². The summed E-state index contributed by atoms with van der Waals surface area (Å²) in [6, 6.07) is 8.38. The summed E-state index contributed by atoms with van der Waals surface area (Å²) in [5, 5.41) is 0. The third-order valence-corrected chi connectivity index (χ3v) is 5.50. The Labute approximate surface area is 182 Å². The molecule has 2 heterocycles. The minimum Gasteiger partial charge on any atom is -0.444 e. The molecular weight excluding hydrogens is 379 g/mol. The zero-order valence-electron chi connectivity index (χ0n) is 19.4. The maximum absolute atomic E-state index is 12.4. The largest absolute Gasteiger partial charge is 0.494 e. The predicted octanol–water partition coefficient (Wildman–Crippen LogP) is 3.43. The van der Waals surface area contributed by atoms with Crippen LogP contribution in [0, 0.1) is 0 Å². The molecule has 0 aliphatic carbocycles. The molecule has 1 amide bonds. The zero-order valence-corrected chi connectivity index (χ0v) is 19.4. The minimum atomic E-state index is -0.465. The molecular formula is C23H37BN2O4. The highest BCUT2D eigenvalue weighted by atomic mass is 16.6. The Morgan fingerprint density at radius 2 is 1.93 bits per heavy atom. The van der Waals surface area contributed by atoms with Crippen molar-refractivity contribution in [2.75, 3.05) is 26.2 Å². The van der Waals surface area contributed by atoms with E-state index in [9.17, 15) is 4.79 Å². The number of benzene rings is 1. The van der Waals surface area contributed by atoms with E-state index in [1.807, 2.05) is 31.7 Å². The molecule has 1 aromatic carbocycles. The Hall–Kier alpha value is -1.57. The van der Waals surface area contributed by atoms with Crippen LogP contribution in [0.15, 0.2) is 24.3 Å². The van der Waals surface area contributed by atoms with E-state index < -0.39 is 5.60 Å². The summed E-state index contributed by atoms with van der Waals surface area (Å²) in [4.78, 5) is 16.7. The van der Waals surface area contributed by atoms with Gasteiger partial charge in [0, 0.05) is 38.8 Å². The highest BCUT2D eigenvalue weighted by molar-refractivity contribution is 6.62. The minimum absolute atomic E-state index is 0.160. The van der Waals surface area contributed by atoms with E-state index in [0.717, 1.165) is 44.5 Å². The van der Waals surface area contributed by atoms with E-state index in [1.165, 1.54) is 5.56 Å². The van der Waals surface area contributed by atoms with Gasteiger partial charge in [-0.25, -0.2) is 4.79 Å². The quantitative estimate of drug-likeness (QED) is 0.707. The molecule has 2 aliphatic rings. The van der Waals surface area contributed by atoms with Crippen LogP contribution in [0.3, 0.4) is 0 Å². The highest BCUT2D eigenvalue weighted by Crippen LogP contribution is 2.26. The number of rotatable bonds is 3. The predicted molar refractivity (Wildman–Crippen MR) is 120 cm³/mol. The Morgan fingerprint density at radius 1 is 1.20 bits per heavy atom. The lowest BCUT2D eigenvalue weighted by molar-refractivity contribution is -0.0230. The summed E-state index contributed by atoms with van der Waals surface area (Å²) in [5.41, 5.74) is 1.65. The van der Waals surface area contributed by atoms with E-state index in [1.54, 1.807) is 0 Å². The fraction of sp³-hybridized carbons (Fsp3) is 0.696. The van der Waals surface area contributed by atoms with E-state index in [2.05, 4.69) is 43.9 Å². The molecule has 0 N–H and O–H groups in total. The van der Waals surface area contributed by atoms with Gasteiger partial charge in [-0.1, -0.05) is 24.3 Å². The lowest BCUT2D eigenvalue weighted by atomic mass is 9.72. The summed E-state index contributed by atoms with van der Waals surface area (Å²) >= 11 is 0. The fourth-order valence-corrected chi connectivity index (χ4v) is 4.24. The van der Waals surface area contributed by atoms with Gasteiger partial charge in [0.15, 0.2) is 0 Å². The molecule has 2 fully saturated rings. The number of carbonyl (C=O) groups excluding carboxylic acids is 1. The summed E-state index contributed by atoms with van der Waals surface area (Å²) < 4.78 is 18.0. The fourth-order valence-electron chi connectivity index (χ4n) is 4.24. The lowest BCUT2D eigenvalue weighted by Crippen LogP contribution is -2.53. The molecule has 1 aromatic rings. The summed E-state index contributed by atoms with van der Waals surface area (Å²) in [6.07, 6.45) is 1.76. The molecule has 166 valence electrons. The zero-order chi connectivity index (χ0) is 21.9. The van der Waals surface area contributed by atoms with Gasteiger partial charge in [0.25, 0.3) is 0 Å². The van der Waals surface area contributed by atoms with Crippen LogP contribution in [0.1, 0.15) is 59.9 Å². The molecule has 0 spiro atoms. The normalized spacial score (nSPS) is 23.2. The Bertz CT molecular complexity index is 734. The first-order chi connectivity index (χ1) is 14.0. The Balaban J connectivity index is 1.65. The van der Waals surface area contributed by atoms with Crippen molar-refractivity contribution in [3.63, 3.8) is 0 Å². The maximum Gasteiger partial charge on any atom is 0.494 e. The van der Waals surface area contributed by atoms with Gasteiger partial charge in [-0.15, -0.1) is 0 Å². The van der Waals surface area contributed by atoms with Gasteiger partial charge >= 0.3 is 13.2 Å². The number of ether oxygens (including phenoxy) is 1. The van der Waals surface area contributed by atoms with Crippen molar-refractivity contribution in [3.05, 3.63) is 29.8 Å². The Morgan fingerprint density at radius 3 is 2.63 bits per heavy atom. The monoisotopic (exact) mass is 416 g/mol. The van der Waals surface area contributed by atoms with Gasteiger partial charge in [-0.2, -0.15) is 0 Å². The molecule has 0 radical (unpaired) electrons. The second-order valence-electron chi connectivity index (χ2n) is 10.2. The van der Waals surface area contributed by atoms with Gasteiger partial charge in [0.2, 0.25) is 0 Å². The van der Waals surface area contributed by atoms with E-state index in [4.69, 9.17) is 14.0 Å². The van der Waals surface area contributed by atoms with Crippen LogP contribution in [0.4, 0.5) is 4.79 Å². The second-order valence-corrected chi connectivity index (χ2v) is 10.2. The number of amides is 1. The standard InChI is InChI=1S/C23H37BN2O4/c1-18-16-23(5,6)30-24(29-18)20-11-8-7-10-19(20)17-25-12-9-13-26(15-14-25)21(27)28-22(2,3)4/h7-8,10-11,18H,9,12-17H2,1-6H3. The SMILES string of the molecule is CC1CC(C)(C)OB(c2ccccc2CN2CCCN(C(=O)OC(C)(C)C)CC2)O1. The van der Waals surface area contributed by atoms with Gasteiger partial charge in [-0.05, 0) is 65.4 Å². The van der Waals surface area contributed by atoms with E-state index in [-0.39, 0.29) is 24.9 Å².